The molecule has 1 heterocycles. The van der Waals surface area contributed by atoms with Gasteiger partial charge in [-0.05, 0) is 12.5 Å². The van der Waals surface area contributed by atoms with E-state index in [1.165, 1.54) is 0 Å². The molecule has 0 bridgehead atoms. The molecule has 2 nitrogen and oxygen atoms in total. The molecular formula is C8H11NO. The fourth-order valence-electron chi connectivity index (χ4n) is 1.000. The van der Waals surface area contributed by atoms with Crippen molar-refractivity contribution < 1.29 is 4.79 Å². The molecule has 0 radical (unpaired) electrons. The zero-order valence-corrected chi connectivity index (χ0v) is 5.84. The predicted octanol–water partition coefficient (Wildman–Crippen LogP) is 1.01. The second-order valence-corrected chi connectivity index (χ2v) is 2.39. The van der Waals surface area contributed by atoms with E-state index in [-0.39, 0.29) is 11.8 Å². The first kappa shape index (κ1) is 7.06. The quantitative estimate of drug-likeness (QED) is 0.575. The van der Waals surface area contributed by atoms with E-state index in [1.54, 1.807) is 12.3 Å². The Labute approximate surface area is 60.6 Å². The molecule has 0 saturated heterocycles. The van der Waals surface area contributed by atoms with Crippen LogP contribution in [0.25, 0.3) is 0 Å². The van der Waals surface area contributed by atoms with Gasteiger partial charge >= 0.3 is 0 Å². The van der Waals surface area contributed by atoms with Gasteiger partial charge in [-0.3, -0.25) is 4.79 Å². The fourth-order valence-corrected chi connectivity index (χ4v) is 1.000. The van der Waals surface area contributed by atoms with Crippen molar-refractivity contribution >= 4 is 5.78 Å². The van der Waals surface area contributed by atoms with Gasteiger partial charge in [0.2, 0.25) is 0 Å². The number of rotatable bonds is 2. The van der Waals surface area contributed by atoms with Crippen LogP contribution in [-0.4, -0.2) is 11.8 Å². The van der Waals surface area contributed by atoms with Gasteiger partial charge in [0.15, 0.2) is 5.78 Å². The van der Waals surface area contributed by atoms with Crippen LogP contribution in [0.5, 0.6) is 0 Å². The third-order valence-electron chi connectivity index (χ3n) is 1.50. The fraction of sp³-hybridized carbons (Fsp3) is 0.375. The Bertz CT molecular complexity index is 172. The summed E-state index contributed by atoms with van der Waals surface area (Å²) in [6, 6.07) is 0.273. The van der Waals surface area contributed by atoms with Crippen LogP contribution >= 0.6 is 0 Å². The normalized spacial score (nSPS) is 24.0. The molecule has 0 fully saturated rings. The van der Waals surface area contributed by atoms with Crippen LogP contribution in [0.15, 0.2) is 24.9 Å². The van der Waals surface area contributed by atoms with E-state index >= 15 is 0 Å². The predicted molar refractivity (Wildman–Crippen MR) is 40.5 cm³/mol. The van der Waals surface area contributed by atoms with Crippen molar-refractivity contribution in [3.8, 4) is 0 Å². The van der Waals surface area contributed by atoms with Crippen molar-refractivity contribution in [2.24, 2.45) is 0 Å². The molecule has 0 spiro atoms. The molecule has 0 aromatic carbocycles. The summed E-state index contributed by atoms with van der Waals surface area (Å²) in [6.07, 6.45) is 6.56. The Hall–Kier alpha value is -1.05. The molecule has 1 aliphatic heterocycles. The lowest BCUT2D eigenvalue weighted by Crippen LogP contribution is -2.29. The minimum absolute atomic E-state index is 0.200. The number of hydrogen-bond acceptors (Lipinski definition) is 2. The molecule has 0 aromatic rings. The summed E-state index contributed by atoms with van der Waals surface area (Å²) in [5.74, 6) is 0.200. The van der Waals surface area contributed by atoms with Gasteiger partial charge in [0.1, 0.15) is 0 Å². The molecule has 1 aliphatic rings. The first-order valence-electron chi connectivity index (χ1n) is 3.39. The third-order valence-corrected chi connectivity index (χ3v) is 1.50. The van der Waals surface area contributed by atoms with Crippen LogP contribution in [0.4, 0.5) is 0 Å². The summed E-state index contributed by atoms with van der Waals surface area (Å²) in [4.78, 5) is 10.8. The van der Waals surface area contributed by atoms with Crippen LogP contribution in [0, 0.1) is 0 Å². The SMILES string of the molecule is C=CC[C@H]1CC(=O)C=CN1. The smallest absolute Gasteiger partial charge is 0.159 e. The molecule has 0 saturated carbocycles. The lowest BCUT2D eigenvalue weighted by atomic mass is 10.1. The second kappa shape index (κ2) is 3.20. The van der Waals surface area contributed by atoms with Crippen LogP contribution in [0.2, 0.25) is 0 Å². The zero-order valence-electron chi connectivity index (χ0n) is 5.84. The van der Waals surface area contributed by atoms with Gasteiger partial charge in [-0.2, -0.15) is 0 Å². The lowest BCUT2D eigenvalue weighted by molar-refractivity contribution is -0.115. The Morgan fingerprint density at radius 1 is 1.90 bits per heavy atom. The van der Waals surface area contributed by atoms with Crippen molar-refractivity contribution in [3.05, 3.63) is 24.9 Å². The number of nitrogens with one attached hydrogen (secondary N) is 1. The van der Waals surface area contributed by atoms with Crippen LogP contribution in [-0.2, 0) is 4.79 Å². The molecule has 0 aliphatic carbocycles. The van der Waals surface area contributed by atoms with Gasteiger partial charge in [0.05, 0.1) is 0 Å². The van der Waals surface area contributed by atoms with Gasteiger partial charge in [-0.25, -0.2) is 0 Å². The molecule has 54 valence electrons. The summed E-state index contributed by atoms with van der Waals surface area (Å²) in [5, 5.41) is 3.08. The standard InChI is InChI=1S/C8H11NO/c1-2-3-7-6-8(10)4-5-9-7/h2,4-5,7,9H,1,3,6H2/t7-/m0/s1. The highest BCUT2D eigenvalue weighted by molar-refractivity contribution is 5.90. The minimum Gasteiger partial charge on any atom is -0.387 e. The number of carbonyl (C=O) groups is 1. The number of ketones is 1. The third kappa shape index (κ3) is 1.72. The minimum atomic E-state index is 0.200. The van der Waals surface area contributed by atoms with E-state index in [2.05, 4.69) is 11.9 Å². The molecule has 0 amide bonds. The topological polar surface area (TPSA) is 29.1 Å². The average molecular weight is 137 g/mol. The van der Waals surface area contributed by atoms with E-state index < -0.39 is 0 Å². The van der Waals surface area contributed by atoms with E-state index in [1.807, 2.05) is 6.08 Å². The van der Waals surface area contributed by atoms with E-state index in [0.29, 0.717) is 6.42 Å². The Morgan fingerprint density at radius 3 is 3.30 bits per heavy atom. The monoisotopic (exact) mass is 137 g/mol. The Morgan fingerprint density at radius 2 is 2.70 bits per heavy atom. The molecule has 0 aromatic heterocycles. The van der Waals surface area contributed by atoms with Crippen molar-refractivity contribution in [1.29, 1.82) is 0 Å². The van der Waals surface area contributed by atoms with E-state index in [0.717, 1.165) is 6.42 Å². The van der Waals surface area contributed by atoms with Crippen molar-refractivity contribution in [1.82, 2.24) is 5.32 Å². The maximum absolute atomic E-state index is 10.8. The highest BCUT2D eigenvalue weighted by Gasteiger charge is 2.11. The summed E-state index contributed by atoms with van der Waals surface area (Å²) in [7, 11) is 0. The highest BCUT2D eigenvalue weighted by atomic mass is 16.1. The van der Waals surface area contributed by atoms with Gasteiger partial charge in [0.25, 0.3) is 0 Å². The molecule has 1 N–H and O–H groups in total. The molecule has 2 heteroatoms. The van der Waals surface area contributed by atoms with Gasteiger partial charge in [0, 0.05) is 18.7 Å². The molecular weight excluding hydrogens is 126 g/mol. The lowest BCUT2D eigenvalue weighted by Gasteiger charge is -2.16. The van der Waals surface area contributed by atoms with Crippen LogP contribution in [0.3, 0.4) is 0 Å². The average Bonchev–Trinajstić information content (AvgIpc) is 1.88. The van der Waals surface area contributed by atoms with Gasteiger partial charge in [-0.15, -0.1) is 6.58 Å². The van der Waals surface area contributed by atoms with E-state index in [4.69, 9.17) is 0 Å². The first-order chi connectivity index (χ1) is 4.83. The first-order valence-corrected chi connectivity index (χ1v) is 3.39. The maximum atomic E-state index is 10.8. The maximum Gasteiger partial charge on any atom is 0.159 e. The van der Waals surface area contributed by atoms with Crippen LogP contribution in [0.1, 0.15) is 12.8 Å². The largest absolute Gasteiger partial charge is 0.387 e. The summed E-state index contributed by atoms with van der Waals surface area (Å²) >= 11 is 0. The molecule has 0 unspecified atom stereocenters. The van der Waals surface area contributed by atoms with Crippen LogP contribution < -0.4 is 5.32 Å². The number of carbonyl (C=O) groups excluding carboxylic acids is 1. The number of hydrogen-bond donors (Lipinski definition) is 1. The second-order valence-electron chi connectivity index (χ2n) is 2.39. The molecule has 1 atom stereocenters. The molecule has 10 heavy (non-hydrogen) atoms. The highest BCUT2D eigenvalue weighted by Crippen LogP contribution is 2.04. The van der Waals surface area contributed by atoms with Crippen molar-refractivity contribution in [2.75, 3.05) is 0 Å². The van der Waals surface area contributed by atoms with Gasteiger partial charge in [-0.1, -0.05) is 6.08 Å². The molecule has 1 rings (SSSR count). The Kier molecular flexibility index (Phi) is 2.26. The summed E-state index contributed by atoms with van der Waals surface area (Å²) in [6.45, 7) is 3.60. The van der Waals surface area contributed by atoms with E-state index in [9.17, 15) is 4.79 Å². The number of allylic oxidation sites excluding steroid dienone is 1. The Balaban J connectivity index is 2.43. The summed E-state index contributed by atoms with van der Waals surface area (Å²) < 4.78 is 0. The van der Waals surface area contributed by atoms with Crippen molar-refractivity contribution in [2.45, 2.75) is 18.9 Å². The summed E-state index contributed by atoms with van der Waals surface area (Å²) in [5.41, 5.74) is 0. The zero-order chi connectivity index (χ0) is 7.40. The van der Waals surface area contributed by atoms with Crippen molar-refractivity contribution in [3.63, 3.8) is 0 Å². The van der Waals surface area contributed by atoms with Gasteiger partial charge < -0.3 is 5.32 Å².